The summed E-state index contributed by atoms with van der Waals surface area (Å²) < 4.78 is 5.00. The molecule has 0 heterocycles. The zero-order valence-corrected chi connectivity index (χ0v) is 16.9. The number of ether oxygens (including phenoxy) is 1. The molecule has 0 aliphatic carbocycles. The molecule has 0 aromatic rings. The molecule has 24 heavy (non-hydrogen) atoms. The van der Waals surface area contributed by atoms with Crippen molar-refractivity contribution < 1.29 is 14.3 Å². The number of esters is 1. The number of hydrogen-bond donors (Lipinski definition) is 0. The van der Waals surface area contributed by atoms with E-state index >= 15 is 0 Å². The summed E-state index contributed by atoms with van der Waals surface area (Å²) in [6, 6.07) is 0. The van der Waals surface area contributed by atoms with Gasteiger partial charge in [0.1, 0.15) is 11.7 Å². The molecule has 142 valence electrons. The SMILES string of the molecule is CCOC(=O)C(CCC(C)CCCC(C)CCCC(C)C)C(C)=O. The lowest BCUT2D eigenvalue weighted by atomic mass is 9.89. The van der Waals surface area contributed by atoms with Crippen LogP contribution < -0.4 is 0 Å². The molecule has 0 radical (unpaired) electrons. The summed E-state index contributed by atoms with van der Waals surface area (Å²) in [6.07, 6.45) is 9.27. The van der Waals surface area contributed by atoms with E-state index in [2.05, 4.69) is 27.7 Å². The first-order valence-corrected chi connectivity index (χ1v) is 9.94. The lowest BCUT2D eigenvalue weighted by Crippen LogP contribution is -2.25. The van der Waals surface area contributed by atoms with E-state index in [0.29, 0.717) is 18.9 Å². The minimum Gasteiger partial charge on any atom is -0.465 e. The van der Waals surface area contributed by atoms with E-state index in [1.54, 1.807) is 6.92 Å². The molecular weight excluding hydrogens is 300 g/mol. The van der Waals surface area contributed by atoms with E-state index in [1.807, 2.05) is 0 Å². The first-order valence-electron chi connectivity index (χ1n) is 9.94. The third-order valence-electron chi connectivity index (χ3n) is 4.88. The van der Waals surface area contributed by atoms with Crippen LogP contribution in [-0.2, 0) is 14.3 Å². The third-order valence-corrected chi connectivity index (χ3v) is 4.88. The molecule has 0 aliphatic rings. The highest BCUT2D eigenvalue weighted by molar-refractivity contribution is 5.97. The quantitative estimate of drug-likeness (QED) is 0.296. The second-order valence-corrected chi connectivity index (χ2v) is 7.96. The van der Waals surface area contributed by atoms with Gasteiger partial charge in [-0.05, 0) is 44.4 Å². The topological polar surface area (TPSA) is 43.4 Å². The highest BCUT2D eigenvalue weighted by Crippen LogP contribution is 2.23. The molecule has 0 saturated heterocycles. The first kappa shape index (κ1) is 23.1. The van der Waals surface area contributed by atoms with Crippen LogP contribution in [0.25, 0.3) is 0 Å². The predicted octanol–water partition coefficient (Wildman–Crippen LogP) is 5.80. The lowest BCUT2D eigenvalue weighted by Gasteiger charge is -2.17. The van der Waals surface area contributed by atoms with Crippen LogP contribution in [0.15, 0.2) is 0 Å². The van der Waals surface area contributed by atoms with E-state index in [0.717, 1.165) is 18.3 Å². The standard InChI is InChI=1S/C21H40O3/c1-7-24-21(23)20(19(6)22)15-14-18(5)13-9-12-17(4)11-8-10-16(2)3/h16-18,20H,7-15H2,1-6H3. The van der Waals surface area contributed by atoms with Crippen molar-refractivity contribution in [2.45, 2.75) is 92.9 Å². The normalized spacial score (nSPS) is 15.1. The maximum Gasteiger partial charge on any atom is 0.316 e. The van der Waals surface area contributed by atoms with Crippen molar-refractivity contribution in [3.63, 3.8) is 0 Å². The van der Waals surface area contributed by atoms with Crippen molar-refractivity contribution >= 4 is 11.8 Å². The molecule has 3 atom stereocenters. The van der Waals surface area contributed by atoms with Gasteiger partial charge >= 0.3 is 5.97 Å². The van der Waals surface area contributed by atoms with Gasteiger partial charge in [-0.3, -0.25) is 9.59 Å². The summed E-state index contributed by atoms with van der Waals surface area (Å²) in [5.41, 5.74) is 0. The molecule has 0 fully saturated rings. The minimum atomic E-state index is -0.567. The number of rotatable bonds is 14. The molecule has 0 aromatic heterocycles. The molecule has 3 unspecified atom stereocenters. The highest BCUT2D eigenvalue weighted by Gasteiger charge is 2.24. The largest absolute Gasteiger partial charge is 0.465 e. The van der Waals surface area contributed by atoms with Crippen molar-refractivity contribution in [1.82, 2.24) is 0 Å². The van der Waals surface area contributed by atoms with Gasteiger partial charge in [-0.25, -0.2) is 0 Å². The Labute approximate surface area is 149 Å². The van der Waals surface area contributed by atoms with Gasteiger partial charge in [-0.15, -0.1) is 0 Å². The number of Topliss-reactive ketones (excluding diaryl/α,β-unsaturated/α-hetero) is 1. The van der Waals surface area contributed by atoms with Crippen LogP contribution in [0.3, 0.4) is 0 Å². The molecule has 3 heteroatoms. The van der Waals surface area contributed by atoms with Gasteiger partial charge < -0.3 is 4.74 Å². The average molecular weight is 341 g/mol. The van der Waals surface area contributed by atoms with Gasteiger partial charge in [0.05, 0.1) is 6.61 Å². The van der Waals surface area contributed by atoms with Crippen molar-refractivity contribution in [1.29, 1.82) is 0 Å². The lowest BCUT2D eigenvalue weighted by molar-refractivity contribution is -0.151. The third kappa shape index (κ3) is 11.6. The van der Waals surface area contributed by atoms with Gasteiger partial charge in [-0.1, -0.05) is 66.2 Å². The summed E-state index contributed by atoms with van der Waals surface area (Å²) >= 11 is 0. The first-order chi connectivity index (χ1) is 11.3. The smallest absolute Gasteiger partial charge is 0.316 e. The molecule has 0 bridgehead atoms. The van der Waals surface area contributed by atoms with Crippen LogP contribution in [-0.4, -0.2) is 18.4 Å². The van der Waals surface area contributed by atoms with Crippen LogP contribution >= 0.6 is 0 Å². The minimum absolute atomic E-state index is 0.0700. The number of carbonyl (C=O) groups excluding carboxylic acids is 2. The molecule has 0 aromatic carbocycles. The average Bonchev–Trinajstić information content (AvgIpc) is 2.46. The summed E-state index contributed by atoms with van der Waals surface area (Å²) in [5.74, 6) is 1.19. The van der Waals surface area contributed by atoms with Crippen molar-refractivity contribution in [3.8, 4) is 0 Å². The van der Waals surface area contributed by atoms with Gasteiger partial charge in [0.15, 0.2) is 0 Å². The maximum atomic E-state index is 11.8. The number of ketones is 1. The number of hydrogen-bond acceptors (Lipinski definition) is 3. The Hall–Kier alpha value is -0.860. The Morgan fingerprint density at radius 3 is 1.75 bits per heavy atom. The summed E-state index contributed by atoms with van der Waals surface area (Å²) in [7, 11) is 0. The summed E-state index contributed by atoms with van der Waals surface area (Å²) in [5, 5.41) is 0. The zero-order chi connectivity index (χ0) is 18.5. The Bertz CT molecular complexity index is 349. The van der Waals surface area contributed by atoms with E-state index in [4.69, 9.17) is 4.74 Å². The Morgan fingerprint density at radius 1 is 0.792 bits per heavy atom. The van der Waals surface area contributed by atoms with E-state index in [-0.39, 0.29) is 11.8 Å². The molecule has 0 spiro atoms. The van der Waals surface area contributed by atoms with Crippen molar-refractivity contribution in [2.24, 2.45) is 23.7 Å². The fraction of sp³-hybridized carbons (Fsp3) is 0.905. The predicted molar refractivity (Wildman–Crippen MR) is 101 cm³/mol. The summed E-state index contributed by atoms with van der Waals surface area (Å²) in [6.45, 7) is 12.8. The molecule has 0 aliphatic heterocycles. The Balaban J connectivity index is 3.93. The van der Waals surface area contributed by atoms with Crippen LogP contribution in [0.5, 0.6) is 0 Å². The van der Waals surface area contributed by atoms with Gasteiger partial charge in [0.25, 0.3) is 0 Å². The Morgan fingerprint density at radius 2 is 1.29 bits per heavy atom. The Kier molecular flexibility index (Phi) is 13.0. The van der Waals surface area contributed by atoms with E-state index in [1.165, 1.54) is 45.4 Å². The van der Waals surface area contributed by atoms with E-state index in [9.17, 15) is 9.59 Å². The summed E-state index contributed by atoms with van der Waals surface area (Å²) in [4.78, 5) is 23.4. The van der Waals surface area contributed by atoms with Crippen molar-refractivity contribution in [2.75, 3.05) is 6.61 Å². The molecular formula is C21H40O3. The van der Waals surface area contributed by atoms with Crippen molar-refractivity contribution in [3.05, 3.63) is 0 Å². The fourth-order valence-corrected chi connectivity index (χ4v) is 3.16. The van der Waals surface area contributed by atoms with E-state index < -0.39 is 5.92 Å². The van der Waals surface area contributed by atoms with Gasteiger partial charge in [-0.2, -0.15) is 0 Å². The maximum absolute atomic E-state index is 11.8. The molecule has 0 N–H and O–H groups in total. The molecule has 0 rings (SSSR count). The van der Waals surface area contributed by atoms with Crippen LogP contribution in [0.1, 0.15) is 92.9 Å². The second kappa shape index (κ2) is 13.4. The zero-order valence-electron chi connectivity index (χ0n) is 16.9. The van der Waals surface area contributed by atoms with Crippen LogP contribution in [0.2, 0.25) is 0 Å². The van der Waals surface area contributed by atoms with Crippen LogP contribution in [0.4, 0.5) is 0 Å². The highest BCUT2D eigenvalue weighted by atomic mass is 16.5. The van der Waals surface area contributed by atoms with Gasteiger partial charge in [0.2, 0.25) is 0 Å². The molecule has 3 nitrogen and oxygen atoms in total. The molecule has 0 amide bonds. The van der Waals surface area contributed by atoms with Crippen LogP contribution in [0, 0.1) is 23.7 Å². The number of carbonyl (C=O) groups is 2. The second-order valence-electron chi connectivity index (χ2n) is 7.96. The molecule has 0 saturated carbocycles. The monoisotopic (exact) mass is 340 g/mol. The van der Waals surface area contributed by atoms with Gasteiger partial charge in [0, 0.05) is 0 Å². The fourth-order valence-electron chi connectivity index (χ4n) is 3.16.